The van der Waals surface area contributed by atoms with Gasteiger partial charge in [-0.05, 0) is 25.8 Å². The standard InChI is InChI=1S/C22H29N5O2/c1-17-5-4-6-18(15-17)20-24-16-19(21(25-20)27-8-2-3-9-27)22(28)23-7-10-26-11-13-29-14-12-26/h4-6,15-16H,2-3,7-14H2,1H3,(H,23,28). The van der Waals surface area contributed by atoms with Gasteiger partial charge in [0.1, 0.15) is 11.4 Å². The van der Waals surface area contributed by atoms with E-state index in [1.165, 1.54) is 5.56 Å². The molecule has 7 nitrogen and oxygen atoms in total. The van der Waals surface area contributed by atoms with Crippen molar-refractivity contribution in [1.82, 2.24) is 20.2 Å². The van der Waals surface area contributed by atoms with Crippen molar-refractivity contribution in [3.63, 3.8) is 0 Å². The molecule has 0 saturated carbocycles. The average Bonchev–Trinajstić information content (AvgIpc) is 3.29. The van der Waals surface area contributed by atoms with Crippen LogP contribution in [0.1, 0.15) is 28.8 Å². The number of aromatic nitrogens is 2. The molecular formula is C22H29N5O2. The van der Waals surface area contributed by atoms with Crippen molar-refractivity contribution in [2.75, 3.05) is 57.4 Å². The predicted molar refractivity (Wildman–Crippen MR) is 113 cm³/mol. The number of nitrogens with zero attached hydrogens (tertiary/aromatic N) is 4. The van der Waals surface area contributed by atoms with Crippen LogP contribution in [0.15, 0.2) is 30.5 Å². The molecule has 0 aliphatic carbocycles. The molecular weight excluding hydrogens is 366 g/mol. The van der Waals surface area contributed by atoms with Gasteiger partial charge in [-0.25, -0.2) is 9.97 Å². The highest BCUT2D eigenvalue weighted by Gasteiger charge is 2.23. The molecule has 1 aromatic heterocycles. The molecule has 0 spiro atoms. The summed E-state index contributed by atoms with van der Waals surface area (Å²) in [6, 6.07) is 8.15. The second-order valence-corrected chi connectivity index (χ2v) is 7.70. The molecule has 1 amide bonds. The number of aryl methyl sites for hydroxylation is 1. The Bertz CT molecular complexity index is 845. The van der Waals surface area contributed by atoms with Gasteiger partial charge in [0.25, 0.3) is 5.91 Å². The highest BCUT2D eigenvalue weighted by atomic mass is 16.5. The molecule has 154 valence electrons. The summed E-state index contributed by atoms with van der Waals surface area (Å²) in [5.41, 5.74) is 2.70. The Kier molecular flexibility index (Phi) is 6.36. The van der Waals surface area contributed by atoms with Crippen molar-refractivity contribution in [3.05, 3.63) is 41.6 Å². The van der Waals surface area contributed by atoms with E-state index in [1.54, 1.807) is 6.20 Å². The highest BCUT2D eigenvalue weighted by molar-refractivity contribution is 5.99. The fourth-order valence-electron chi connectivity index (χ4n) is 3.87. The van der Waals surface area contributed by atoms with Gasteiger partial charge in [-0.2, -0.15) is 0 Å². The summed E-state index contributed by atoms with van der Waals surface area (Å²) in [4.78, 5) is 26.7. The van der Waals surface area contributed by atoms with Gasteiger partial charge in [0, 0.05) is 51.0 Å². The number of ether oxygens (including phenoxy) is 1. The first-order chi connectivity index (χ1) is 14.2. The number of anilines is 1. The Morgan fingerprint density at radius 3 is 2.72 bits per heavy atom. The van der Waals surface area contributed by atoms with Crippen molar-refractivity contribution in [2.24, 2.45) is 0 Å². The molecule has 2 aromatic rings. The minimum atomic E-state index is -0.101. The van der Waals surface area contributed by atoms with Gasteiger partial charge in [-0.3, -0.25) is 9.69 Å². The number of carbonyl (C=O) groups excluding carboxylic acids is 1. The van der Waals surface area contributed by atoms with Crippen molar-refractivity contribution >= 4 is 11.7 Å². The van der Waals surface area contributed by atoms with Crippen LogP contribution in [-0.2, 0) is 4.74 Å². The number of nitrogens with one attached hydrogen (secondary N) is 1. The summed E-state index contributed by atoms with van der Waals surface area (Å²) in [6.07, 6.45) is 3.94. The fourth-order valence-corrected chi connectivity index (χ4v) is 3.87. The summed E-state index contributed by atoms with van der Waals surface area (Å²) in [5, 5.41) is 3.05. The predicted octanol–water partition coefficient (Wildman–Crippen LogP) is 2.11. The van der Waals surface area contributed by atoms with E-state index in [9.17, 15) is 4.79 Å². The lowest BCUT2D eigenvalue weighted by atomic mass is 10.1. The smallest absolute Gasteiger partial charge is 0.256 e. The van der Waals surface area contributed by atoms with Crippen molar-refractivity contribution in [3.8, 4) is 11.4 Å². The van der Waals surface area contributed by atoms with Gasteiger partial charge < -0.3 is 15.0 Å². The van der Waals surface area contributed by atoms with Crippen LogP contribution in [0.2, 0.25) is 0 Å². The van der Waals surface area contributed by atoms with Crippen molar-refractivity contribution < 1.29 is 9.53 Å². The molecule has 29 heavy (non-hydrogen) atoms. The highest BCUT2D eigenvalue weighted by Crippen LogP contribution is 2.25. The summed E-state index contributed by atoms with van der Waals surface area (Å²) >= 11 is 0. The van der Waals surface area contributed by atoms with Gasteiger partial charge in [-0.1, -0.05) is 23.8 Å². The lowest BCUT2D eigenvalue weighted by Crippen LogP contribution is -2.41. The van der Waals surface area contributed by atoms with E-state index < -0.39 is 0 Å². The molecule has 0 unspecified atom stereocenters. The number of hydrogen-bond acceptors (Lipinski definition) is 6. The van der Waals surface area contributed by atoms with Crippen LogP contribution in [0.5, 0.6) is 0 Å². The van der Waals surface area contributed by atoms with E-state index in [2.05, 4.69) is 39.2 Å². The first-order valence-corrected chi connectivity index (χ1v) is 10.5. The maximum absolute atomic E-state index is 12.9. The Balaban J connectivity index is 1.51. The molecule has 0 atom stereocenters. The number of amides is 1. The first kappa shape index (κ1) is 19.8. The van der Waals surface area contributed by atoms with E-state index in [1.807, 2.05) is 12.1 Å². The largest absolute Gasteiger partial charge is 0.379 e. The number of morpholine rings is 1. The lowest BCUT2D eigenvalue weighted by molar-refractivity contribution is 0.0383. The Morgan fingerprint density at radius 1 is 1.17 bits per heavy atom. The van der Waals surface area contributed by atoms with Crippen LogP contribution in [0.3, 0.4) is 0 Å². The zero-order valence-corrected chi connectivity index (χ0v) is 17.1. The average molecular weight is 396 g/mol. The minimum absolute atomic E-state index is 0.101. The van der Waals surface area contributed by atoms with E-state index in [0.29, 0.717) is 17.9 Å². The molecule has 0 radical (unpaired) electrons. The topological polar surface area (TPSA) is 70.6 Å². The molecule has 0 bridgehead atoms. The van der Waals surface area contributed by atoms with Gasteiger partial charge >= 0.3 is 0 Å². The lowest BCUT2D eigenvalue weighted by Gasteiger charge is -2.26. The molecule has 2 aliphatic heterocycles. The minimum Gasteiger partial charge on any atom is -0.379 e. The quantitative estimate of drug-likeness (QED) is 0.808. The van der Waals surface area contributed by atoms with Crippen LogP contribution in [-0.4, -0.2) is 73.3 Å². The maximum Gasteiger partial charge on any atom is 0.256 e. The summed E-state index contributed by atoms with van der Waals surface area (Å²) < 4.78 is 5.37. The van der Waals surface area contributed by atoms with Crippen molar-refractivity contribution in [2.45, 2.75) is 19.8 Å². The van der Waals surface area contributed by atoms with Crippen LogP contribution >= 0.6 is 0 Å². The van der Waals surface area contributed by atoms with Crippen LogP contribution in [0.4, 0.5) is 5.82 Å². The third kappa shape index (κ3) is 4.92. The SMILES string of the molecule is Cc1cccc(-c2ncc(C(=O)NCCN3CCOCC3)c(N3CCCC3)n2)c1. The Morgan fingerprint density at radius 2 is 1.97 bits per heavy atom. The monoisotopic (exact) mass is 395 g/mol. The molecule has 2 saturated heterocycles. The fraction of sp³-hybridized carbons (Fsp3) is 0.500. The van der Waals surface area contributed by atoms with E-state index in [-0.39, 0.29) is 5.91 Å². The van der Waals surface area contributed by atoms with Crippen LogP contribution in [0.25, 0.3) is 11.4 Å². The summed E-state index contributed by atoms with van der Waals surface area (Å²) in [7, 11) is 0. The van der Waals surface area contributed by atoms with Crippen LogP contribution < -0.4 is 10.2 Å². The molecule has 2 aliphatic rings. The number of benzene rings is 1. The zero-order chi connectivity index (χ0) is 20.1. The number of rotatable bonds is 6. The first-order valence-electron chi connectivity index (χ1n) is 10.5. The third-order valence-corrected chi connectivity index (χ3v) is 5.51. The molecule has 2 fully saturated rings. The van der Waals surface area contributed by atoms with E-state index in [0.717, 1.165) is 70.2 Å². The Hall–Kier alpha value is -2.51. The van der Waals surface area contributed by atoms with Gasteiger partial charge in [-0.15, -0.1) is 0 Å². The van der Waals surface area contributed by atoms with E-state index in [4.69, 9.17) is 9.72 Å². The molecule has 7 heteroatoms. The normalized spacial score (nSPS) is 17.5. The Labute approximate surface area is 172 Å². The van der Waals surface area contributed by atoms with Gasteiger partial charge in [0.2, 0.25) is 0 Å². The van der Waals surface area contributed by atoms with Crippen molar-refractivity contribution in [1.29, 1.82) is 0 Å². The van der Waals surface area contributed by atoms with Gasteiger partial charge in [0.05, 0.1) is 13.2 Å². The van der Waals surface area contributed by atoms with Crippen LogP contribution in [0, 0.1) is 6.92 Å². The number of hydrogen-bond donors (Lipinski definition) is 1. The molecule has 3 heterocycles. The molecule has 1 aromatic carbocycles. The summed E-state index contributed by atoms with van der Waals surface area (Å²) in [6.45, 7) is 8.72. The molecule has 4 rings (SSSR count). The second-order valence-electron chi connectivity index (χ2n) is 7.70. The maximum atomic E-state index is 12.9. The second kappa shape index (κ2) is 9.33. The zero-order valence-electron chi connectivity index (χ0n) is 17.1. The summed E-state index contributed by atoms with van der Waals surface area (Å²) in [5.74, 6) is 1.31. The number of carbonyl (C=O) groups is 1. The third-order valence-electron chi connectivity index (χ3n) is 5.51. The van der Waals surface area contributed by atoms with Gasteiger partial charge in [0.15, 0.2) is 5.82 Å². The molecule has 1 N–H and O–H groups in total. The van der Waals surface area contributed by atoms with E-state index >= 15 is 0 Å².